The van der Waals surface area contributed by atoms with Crippen molar-refractivity contribution >= 4 is 0 Å². The van der Waals surface area contributed by atoms with Crippen LogP contribution in [-0.4, -0.2) is 4.98 Å². The first-order chi connectivity index (χ1) is 14.5. The number of hydrogen-bond acceptors (Lipinski definition) is 1. The molecule has 0 atom stereocenters. The normalized spacial score (nSPS) is 11.3. The minimum absolute atomic E-state index is 0.425. The average Bonchev–Trinajstić information content (AvgIpc) is 2.79. The standard InChI is InChI=1S/C29H29N/c1-20(2)26-17-25(22-11-7-5-8-12-22)18-27(21(3)4)29(26)24-15-16-30-28(19-24)23-13-9-6-10-14-23/h5-21H,1-4H3. The highest BCUT2D eigenvalue weighted by Gasteiger charge is 2.18. The molecule has 0 aliphatic carbocycles. The Morgan fingerprint density at radius 2 is 1.07 bits per heavy atom. The first-order valence-corrected chi connectivity index (χ1v) is 10.8. The monoisotopic (exact) mass is 391 g/mol. The molecule has 0 saturated heterocycles. The predicted molar refractivity (Wildman–Crippen MR) is 129 cm³/mol. The molecular formula is C29H29N. The molecule has 4 aromatic rings. The van der Waals surface area contributed by atoms with Crippen molar-refractivity contribution < 1.29 is 0 Å². The van der Waals surface area contributed by atoms with Crippen molar-refractivity contribution in [3.05, 3.63) is 102 Å². The van der Waals surface area contributed by atoms with Crippen LogP contribution in [0.4, 0.5) is 0 Å². The van der Waals surface area contributed by atoms with Crippen molar-refractivity contribution in [2.45, 2.75) is 39.5 Å². The fraction of sp³-hybridized carbons (Fsp3) is 0.207. The van der Waals surface area contributed by atoms with Crippen LogP contribution in [0.3, 0.4) is 0 Å². The van der Waals surface area contributed by atoms with Crippen LogP contribution >= 0.6 is 0 Å². The number of hydrogen-bond donors (Lipinski definition) is 0. The van der Waals surface area contributed by atoms with Crippen molar-refractivity contribution in [1.82, 2.24) is 4.98 Å². The lowest BCUT2D eigenvalue weighted by molar-refractivity contribution is 0.838. The third-order valence-corrected chi connectivity index (χ3v) is 5.67. The lowest BCUT2D eigenvalue weighted by Gasteiger charge is -2.22. The van der Waals surface area contributed by atoms with E-state index in [2.05, 4.69) is 112 Å². The van der Waals surface area contributed by atoms with E-state index < -0.39 is 0 Å². The van der Waals surface area contributed by atoms with Gasteiger partial charge in [-0.25, -0.2) is 0 Å². The summed E-state index contributed by atoms with van der Waals surface area (Å²) >= 11 is 0. The van der Waals surface area contributed by atoms with Gasteiger partial charge in [-0.15, -0.1) is 0 Å². The topological polar surface area (TPSA) is 12.9 Å². The van der Waals surface area contributed by atoms with Crippen molar-refractivity contribution in [2.75, 3.05) is 0 Å². The van der Waals surface area contributed by atoms with Crippen LogP contribution in [0.5, 0.6) is 0 Å². The molecule has 0 N–H and O–H groups in total. The molecule has 3 aromatic carbocycles. The highest BCUT2D eigenvalue weighted by molar-refractivity contribution is 5.80. The van der Waals surface area contributed by atoms with E-state index in [1.54, 1.807) is 0 Å². The fourth-order valence-electron chi connectivity index (χ4n) is 4.08. The van der Waals surface area contributed by atoms with Gasteiger partial charge in [0, 0.05) is 11.8 Å². The van der Waals surface area contributed by atoms with E-state index in [4.69, 9.17) is 0 Å². The van der Waals surface area contributed by atoms with E-state index in [0.717, 1.165) is 11.3 Å². The second-order valence-electron chi connectivity index (χ2n) is 8.50. The molecular weight excluding hydrogens is 362 g/mol. The molecule has 150 valence electrons. The summed E-state index contributed by atoms with van der Waals surface area (Å²) in [5, 5.41) is 0. The Bertz CT molecular complexity index is 1100. The van der Waals surface area contributed by atoms with Crippen molar-refractivity contribution in [3.63, 3.8) is 0 Å². The maximum absolute atomic E-state index is 4.65. The summed E-state index contributed by atoms with van der Waals surface area (Å²) in [6.45, 7) is 9.15. The zero-order valence-corrected chi connectivity index (χ0v) is 18.3. The molecule has 0 fully saturated rings. The molecule has 30 heavy (non-hydrogen) atoms. The van der Waals surface area contributed by atoms with Gasteiger partial charge in [-0.3, -0.25) is 4.98 Å². The minimum Gasteiger partial charge on any atom is -0.256 e. The Balaban J connectivity index is 1.93. The number of aromatic nitrogens is 1. The largest absolute Gasteiger partial charge is 0.256 e. The van der Waals surface area contributed by atoms with Gasteiger partial charge in [-0.05, 0) is 57.3 Å². The minimum atomic E-state index is 0.425. The van der Waals surface area contributed by atoms with E-state index in [1.165, 1.54) is 33.4 Å². The smallest absolute Gasteiger partial charge is 0.0708 e. The summed E-state index contributed by atoms with van der Waals surface area (Å²) in [5.74, 6) is 0.851. The van der Waals surface area contributed by atoms with E-state index >= 15 is 0 Å². The lowest BCUT2D eigenvalue weighted by atomic mass is 9.82. The van der Waals surface area contributed by atoms with Gasteiger partial charge in [0.2, 0.25) is 0 Å². The van der Waals surface area contributed by atoms with Crippen LogP contribution in [-0.2, 0) is 0 Å². The van der Waals surface area contributed by atoms with Crippen LogP contribution < -0.4 is 0 Å². The summed E-state index contributed by atoms with van der Waals surface area (Å²) in [5.41, 5.74) is 10.1. The van der Waals surface area contributed by atoms with Gasteiger partial charge >= 0.3 is 0 Å². The van der Waals surface area contributed by atoms with Crippen molar-refractivity contribution in [2.24, 2.45) is 0 Å². The van der Waals surface area contributed by atoms with Gasteiger partial charge in [0.1, 0.15) is 0 Å². The summed E-state index contributed by atoms with van der Waals surface area (Å²) in [6.07, 6.45) is 1.94. The number of nitrogens with zero attached hydrogens (tertiary/aromatic N) is 1. The van der Waals surface area contributed by atoms with E-state index in [1.807, 2.05) is 12.3 Å². The van der Waals surface area contributed by atoms with E-state index in [0.29, 0.717) is 11.8 Å². The quantitative estimate of drug-likeness (QED) is 0.333. The maximum atomic E-state index is 4.65. The van der Waals surface area contributed by atoms with Crippen LogP contribution in [0.25, 0.3) is 33.5 Å². The highest BCUT2D eigenvalue weighted by Crippen LogP contribution is 2.40. The molecule has 0 spiro atoms. The second-order valence-corrected chi connectivity index (χ2v) is 8.50. The Hall–Kier alpha value is -3.19. The second kappa shape index (κ2) is 8.67. The molecule has 4 rings (SSSR count). The van der Waals surface area contributed by atoms with Gasteiger partial charge in [0.25, 0.3) is 0 Å². The molecule has 0 amide bonds. The van der Waals surface area contributed by atoms with Gasteiger partial charge in [-0.1, -0.05) is 100 Å². The zero-order valence-electron chi connectivity index (χ0n) is 18.3. The molecule has 1 nitrogen and oxygen atoms in total. The van der Waals surface area contributed by atoms with Crippen LogP contribution in [0, 0.1) is 0 Å². The Morgan fingerprint density at radius 1 is 0.533 bits per heavy atom. The molecule has 0 aliphatic rings. The van der Waals surface area contributed by atoms with E-state index in [-0.39, 0.29) is 0 Å². The number of benzene rings is 3. The van der Waals surface area contributed by atoms with Crippen molar-refractivity contribution in [1.29, 1.82) is 0 Å². The summed E-state index contributed by atoms with van der Waals surface area (Å²) in [6, 6.07) is 30.3. The van der Waals surface area contributed by atoms with E-state index in [9.17, 15) is 0 Å². The van der Waals surface area contributed by atoms with Crippen molar-refractivity contribution in [3.8, 4) is 33.5 Å². The Kier molecular flexibility index (Phi) is 5.81. The summed E-state index contributed by atoms with van der Waals surface area (Å²) < 4.78 is 0. The number of pyridine rings is 1. The van der Waals surface area contributed by atoms with Gasteiger partial charge in [0.15, 0.2) is 0 Å². The van der Waals surface area contributed by atoms with Gasteiger partial charge < -0.3 is 0 Å². The third kappa shape index (κ3) is 4.07. The highest BCUT2D eigenvalue weighted by atomic mass is 14.7. The van der Waals surface area contributed by atoms with Gasteiger partial charge in [0.05, 0.1) is 5.69 Å². The summed E-state index contributed by atoms with van der Waals surface area (Å²) in [4.78, 5) is 4.65. The summed E-state index contributed by atoms with van der Waals surface area (Å²) in [7, 11) is 0. The predicted octanol–water partition coefficient (Wildman–Crippen LogP) is 8.33. The fourth-order valence-corrected chi connectivity index (χ4v) is 4.08. The first-order valence-electron chi connectivity index (χ1n) is 10.8. The molecule has 0 aliphatic heterocycles. The van der Waals surface area contributed by atoms with Crippen LogP contribution in [0.15, 0.2) is 91.1 Å². The van der Waals surface area contributed by atoms with Crippen LogP contribution in [0.1, 0.15) is 50.7 Å². The first kappa shape index (κ1) is 20.1. The molecule has 1 heterocycles. The molecule has 1 aromatic heterocycles. The zero-order chi connectivity index (χ0) is 21.1. The molecule has 0 saturated carbocycles. The SMILES string of the molecule is CC(C)c1cc(-c2ccccc2)cc(C(C)C)c1-c1ccnc(-c2ccccc2)c1. The lowest BCUT2D eigenvalue weighted by Crippen LogP contribution is -2.02. The maximum Gasteiger partial charge on any atom is 0.0708 e. The molecule has 0 unspecified atom stereocenters. The molecule has 0 bridgehead atoms. The Labute approximate surface area is 180 Å². The third-order valence-electron chi connectivity index (χ3n) is 5.67. The Morgan fingerprint density at radius 3 is 1.60 bits per heavy atom. The van der Waals surface area contributed by atoms with Crippen LogP contribution in [0.2, 0.25) is 0 Å². The molecule has 0 radical (unpaired) electrons. The number of rotatable bonds is 5. The average molecular weight is 392 g/mol. The van der Waals surface area contributed by atoms with Gasteiger partial charge in [-0.2, -0.15) is 0 Å². The molecule has 1 heteroatoms.